The molecule has 164 valence electrons. The second-order valence-electron chi connectivity index (χ2n) is 6.53. The van der Waals surface area contributed by atoms with Crippen molar-refractivity contribution in [2.75, 3.05) is 18.1 Å². The maximum atomic E-state index is 12.2. The number of carbonyl (C=O) groups is 1. The summed E-state index contributed by atoms with van der Waals surface area (Å²) < 4.78 is 46.2. The first-order valence-corrected chi connectivity index (χ1v) is 11.2. The molecular weight excluding hydrogens is 437 g/mol. The van der Waals surface area contributed by atoms with E-state index in [0.717, 1.165) is 27.5 Å². The van der Waals surface area contributed by atoms with Crippen molar-refractivity contribution >= 4 is 29.5 Å². The molecule has 0 aliphatic heterocycles. The molecule has 2 aromatic carbocycles. The molecule has 2 rings (SSSR count). The van der Waals surface area contributed by atoms with Crippen LogP contribution in [0.2, 0.25) is 0 Å². The van der Waals surface area contributed by atoms with Gasteiger partial charge in [-0.05, 0) is 61.4 Å². The Morgan fingerprint density at radius 3 is 2.33 bits per heavy atom. The third kappa shape index (κ3) is 8.79. The minimum atomic E-state index is -4.71. The average molecular weight is 461 g/mol. The second kappa shape index (κ2) is 11.4. The number of benzene rings is 2. The summed E-state index contributed by atoms with van der Waals surface area (Å²) in [5.74, 6) is 0.494. The molecule has 30 heavy (non-hydrogen) atoms. The Morgan fingerprint density at radius 1 is 1.10 bits per heavy atom. The number of carboxylic acids is 1. The molecule has 1 N–H and O–H groups in total. The number of aliphatic carboxylic acids is 1. The molecule has 1 atom stereocenters. The van der Waals surface area contributed by atoms with Crippen molar-refractivity contribution < 1.29 is 32.5 Å². The van der Waals surface area contributed by atoms with Gasteiger partial charge in [0.15, 0.2) is 0 Å². The summed E-state index contributed by atoms with van der Waals surface area (Å²) in [7, 11) is 0. The molecule has 0 heterocycles. The van der Waals surface area contributed by atoms with Crippen molar-refractivity contribution in [3.8, 4) is 11.5 Å². The van der Waals surface area contributed by atoms with E-state index in [0.29, 0.717) is 12.4 Å². The van der Waals surface area contributed by atoms with E-state index in [1.165, 1.54) is 36.0 Å². The molecule has 2 aromatic rings. The third-order valence-corrected chi connectivity index (χ3v) is 6.49. The lowest BCUT2D eigenvalue weighted by Gasteiger charge is -2.16. The molecule has 0 aromatic heterocycles. The van der Waals surface area contributed by atoms with Crippen LogP contribution in [0.1, 0.15) is 18.9 Å². The molecule has 0 aliphatic rings. The van der Waals surface area contributed by atoms with Crippen LogP contribution in [0.3, 0.4) is 0 Å². The number of halogens is 3. The van der Waals surface area contributed by atoms with E-state index in [-0.39, 0.29) is 17.4 Å². The van der Waals surface area contributed by atoms with E-state index in [1.54, 1.807) is 11.8 Å². The maximum Gasteiger partial charge on any atom is 0.573 e. The van der Waals surface area contributed by atoms with Gasteiger partial charge in [0.05, 0.1) is 12.4 Å². The second-order valence-corrected chi connectivity index (χ2v) is 8.64. The number of alkyl halides is 3. The van der Waals surface area contributed by atoms with Crippen LogP contribution in [-0.2, 0) is 4.79 Å². The Balaban J connectivity index is 1.83. The summed E-state index contributed by atoms with van der Waals surface area (Å²) >= 11 is 3.00. The van der Waals surface area contributed by atoms with E-state index in [1.807, 2.05) is 25.1 Å². The van der Waals surface area contributed by atoms with Gasteiger partial charge in [0, 0.05) is 21.5 Å². The molecule has 0 radical (unpaired) electrons. The van der Waals surface area contributed by atoms with E-state index >= 15 is 0 Å². The molecule has 0 fully saturated rings. The van der Waals surface area contributed by atoms with Gasteiger partial charge in [0.1, 0.15) is 11.5 Å². The van der Waals surface area contributed by atoms with Crippen molar-refractivity contribution in [1.29, 1.82) is 0 Å². The minimum Gasteiger partial charge on any atom is -0.493 e. The Labute approximate surface area is 182 Å². The van der Waals surface area contributed by atoms with Crippen molar-refractivity contribution in [3.05, 3.63) is 48.0 Å². The summed E-state index contributed by atoms with van der Waals surface area (Å²) in [5.41, 5.74) is 1.04. The fourth-order valence-electron chi connectivity index (χ4n) is 2.46. The topological polar surface area (TPSA) is 55.8 Å². The predicted octanol–water partition coefficient (Wildman–Crippen LogP) is 6.27. The molecule has 0 saturated carbocycles. The van der Waals surface area contributed by atoms with Gasteiger partial charge in [0.2, 0.25) is 0 Å². The van der Waals surface area contributed by atoms with Crippen molar-refractivity contribution in [1.82, 2.24) is 0 Å². The summed E-state index contributed by atoms with van der Waals surface area (Å²) in [5, 5.41) is 8.80. The first-order valence-electron chi connectivity index (χ1n) is 9.23. The molecule has 0 amide bonds. The lowest BCUT2D eigenvalue weighted by Crippen LogP contribution is -2.17. The van der Waals surface area contributed by atoms with E-state index in [2.05, 4.69) is 11.7 Å². The van der Waals surface area contributed by atoms with Crippen molar-refractivity contribution in [3.63, 3.8) is 0 Å². The summed E-state index contributed by atoms with van der Waals surface area (Å²) in [6.07, 6.45) is -3.81. The van der Waals surface area contributed by atoms with Gasteiger partial charge < -0.3 is 14.6 Å². The summed E-state index contributed by atoms with van der Waals surface area (Å²) in [4.78, 5) is 12.8. The quantitative estimate of drug-likeness (QED) is 0.399. The number of rotatable bonds is 11. The Kier molecular flexibility index (Phi) is 9.23. The van der Waals surface area contributed by atoms with Gasteiger partial charge in [0.25, 0.3) is 0 Å². The van der Waals surface area contributed by atoms with Crippen LogP contribution in [0.4, 0.5) is 13.2 Å². The van der Waals surface area contributed by atoms with Gasteiger partial charge in [-0.25, -0.2) is 0 Å². The van der Waals surface area contributed by atoms with Gasteiger partial charge in [-0.2, -0.15) is 0 Å². The highest BCUT2D eigenvalue weighted by Crippen LogP contribution is 2.29. The van der Waals surface area contributed by atoms with Gasteiger partial charge >= 0.3 is 12.3 Å². The normalized spacial score (nSPS) is 12.4. The number of hydrogen-bond donors (Lipinski definition) is 1. The highest BCUT2D eigenvalue weighted by Gasteiger charge is 2.31. The van der Waals surface area contributed by atoms with Crippen LogP contribution in [0.25, 0.3) is 0 Å². The average Bonchev–Trinajstić information content (AvgIpc) is 2.67. The summed E-state index contributed by atoms with van der Waals surface area (Å²) in [6, 6.07) is 11.3. The third-order valence-electron chi connectivity index (χ3n) is 4.10. The van der Waals surface area contributed by atoms with E-state index in [9.17, 15) is 18.0 Å². The van der Waals surface area contributed by atoms with Crippen LogP contribution in [0, 0.1) is 12.8 Å². The highest BCUT2D eigenvalue weighted by molar-refractivity contribution is 8.00. The molecule has 1 unspecified atom stereocenters. The lowest BCUT2D eigenvalue weighted by molar-refractivity contribution is -0.274. The zero-order valence-corrected chi connectivity index (χ0v) is 18.2. The zero-order valence-electron chi connectivity index (χ0n) is 16.6. The fraction of sp³-hybridized carbons (Fsp3) is 0.381. The van der Waals surface area contributed by atoms with Gasteiger partial charge in [-0.1, -0.05) is 6.92 Å². The van der Waals surface area contributed by atoms with E-state index < -0.39 is 12.3 Å². The summed E-state index contributed by atoms with van der Waals surface area (Å²) in [6.45, 7) is 4.47. The number of thioether (sulfide) groups is 2. The highest BCUT2D eigenvalue weighted by atomic mass is 32.2. The smallest absolute Gasteiger partial charge is 0.493 e. The largest absolute Gasteiger partial charge is 0.573 e. The molecular formula is C21H23F3O4S2. The fourth-order valence-corrected chi connectivity index (χ4v) is 4.38. The van der Waals surface area contributed by atoms with Crippen molar-refractivity contribution in [2.24, 2.45) is 5.92 Å². The van der Waals surface area contributed by atoms with E-state index in [4.69, 9.17) is 9.84 Å². The first kappa shape index (κ1) is 24.3. The van der Waals surface area contributed by atoms with Crippen molar-refractivity contribution in [2.45, 2.75) is 36.4 Å². The Morgan fingerprint density at radius 2 is 1.77 bits per heavy atom. The number of aryl methyl sites for hydroxylation is 1. The van der Waals surface area contributed by atoms with Crippen LogP contribution >= 0.6 is 23.5 Å². The molecule has 0 saturated heterocycles. The standard InChI is InChI=1S/C21H23F3O4S2/c1-3-15(11-27-16-4-6-17(7-5-16)28-21(22,23)24)12-29-18-8-9-19(14(2)10-18)30-13-20(25)26/h4-10,15H,3,11-13H2,1-2H3,(H,25,26). The van der Waals surface area contributed by atoms with Crippen LogP contribution in [0.5, 0.6) is 11.5 Å². The van der Waals surface area contributed by atoms with Gasteiger partial charge in [-0.15, -0.1) is 36.7 Å². The maximum absolute atomic E-state index is 12.2. The zero-order chi connectivity index (χ0) is 22.1. The Bertz CT molecular complexity index is 826. The predicted molar refractivity (Wildman–Crippen MR) is 113 cm³/mol. The molecule has 4 nitrogen and oxygen atoms in total. The molecule has 9 heteroatoms. The number of carboxylic acid groups (broad SMARTS) is 1. The first-order chi connectivity index (χ1) is 14.2. The minimum absolute atomic E-state index is 0.0336. The Hall–Kier alpha value is -2.00. The number of hydrogen-bond acceptors (Lipinski definition) is 5. The SMILES string of the molecule is CCC(COc1ccc(OC(F)(F)F)cc1)CSc1ccc(SCC(=O)O)c(C)c1. The van der Waals surface area contributed by atoms with Crippen LogP contribution in [0.15, 0.2) is 52.3 Å². The number of ether oxygens (including phenoxy) is 2. The molecule has 0 aliphatic carbocycles. The monoisotopic (exact) mass is 460 g/mol. The van der Waals surface area contributed by atoms with Crippen LogP contribution in [-0.4, -0.2) is 35.6 Å². The molecule has 0 spiro atoms. The lowest BCUT2D eigenvalue weighted by atomic mass is 10.1. The van der Waals surface area contributed by atoms with Crippen LogP contribution < -0.4 is 9.47 Å². The molecule has 0 bridgehead atoms. The van der Waals surface area contributed by atoms with Gasteiger partial charge in [-0.3, -0.25) is 4.79 Å².